The first kappa shape index (κ1) is 13.1. The van der Waals surface area contributed by atoms with Gasteiger partial charge in [-0.1, -0.05) is 18.2 Å². The highest BCUT2D eigenvalue weighted by Gasteiger charge is 2.02. The molecular formula is C16H18N2O. The highest BCUT2D eigenvalue weighted by molar-refractivity contribution is 5.54. The van der Waals surface area contributed by atoms with E-state index in [9.17, 15) is 4.79 Å². The standard InChI is InChI=1S/C16H18N2O/c1-4-6-13-9-10-16(19)18(12-13)15-8-5-7-14(11-15)17(2)3/h4-12H,1-3H3. The van der Waals surface area contributed by atoms with Crippen LogP contribution in [0.2, 0.25) is 0 Å². The summed E-state index contributed by atoms with van der Waals surface area (Å²) >= 11 is 0. The topological polar surface area (TPSA) is 25.2 Å². The molecule has 3 heteroatoms. The summed E-state index contributed by atoms with van der Waals surface area (Å²) < 4.78 is 1.67. The largest absolute Gasteiger partial charge is 0.378 e. The average Bonchev–Trinajstić information content (AvgIpc) is 2.41. The van der Waals surface area contributed by atoms with Crippen LogP contribution in [-0.4, -0.2) is 18.7 Å². The van der Waals surface area contributed by atoms with Crippen LogP contribution in [-0.2, 0) is 0 Å². The summed E-state index contributed by atoms with van der Waals surface area (Å²) in [6.07, 6.45) is 5.79. The first-order valence-corrected chi connectivity index (χ1v) is 6.25. The highest BCUT2D eigenvalue weighted by Crippen LogP contribution is 2.16. The maximum absolute atomic E-state index is 12.0. The molecule has 0 fully saturated rings. The molecule has 0 bridgehead atoms. The van der Waals surface area contributed by atoms with Gasteiger partial charge in [-0.05, 0) is 36.8 Å². The molecule has 2 aromatic rings. The first-order chi connectivity index (χ1) is 9.11. The minimum absolute atomic E-state index is 0.0239. The van der Waals surface area contributed by atoms with E-state index < -0.39 is 0 Å². The van der Waals surface area contributed by atoms with E-state index in [0.717, 1.165) is 16.9 Å². The van der Waals surface area contributed by atoms with E-state index in [1.54, 1.807) is 10.6 Å². The normalized spacial score (nSPS) is 10.9. The molecule has 3 nitrogen and oxygen atoms in total. The van der Waals surface area contributed by atoms with Gasteiger partial charge in [0.15, 0.2) is 0 Å². The van der Waals surface area contributed by atoms with Gasteiger partial charge in [0.1, 0.15) is 0 Å². The number of benzene rings is 1. The maximum Gasteiger partial charge on any atom is 0.255 e. The molecular weight excluding hydrogens is 236 g/mol. The van der Waals surface area contributed by atoms with Crippen molar-refractivity contribution in [3.8, 4) is 5.69 Å². The number of rotatable bonds is 3. The molecule has 0 radical (unpaired) electrons. The van der Waals surface area contributed by atoms with Crippen molar-refractivity contribution in [3.63, 3.8) is 0 Å². The van der Waals surface area contributed by atoms with Crippen molar-refractivity contribution in [2.45, 2.75) is 6.92 Å². The van der Waals surface area contributed by atoms with Gasteiger partial charge in [0.05, 0.1) is 5.69 Å². The van der Waals surface area contributed by atoms with Gasteiger partial charge in [-0.3, -0.25) is 9.36 Å². The second-order valence-electron chi connectivity index (χ2n) is 4.58. The fraction of sp³-hybridized carbons (Fsp3) is 0.188. The second-order valence-corrected chi connectivity index (χ2v) is 4.58. The van der Waals surface area contributed by atoms with Gasteiger partial charge < -0.3 is 4.90 Å². The molecule has 19 heavy (non-hydrogen) atoms. The van der Waals surface area contributed by atoms with Crippen LogP contribution in [0.15, 0.2) is 53.5 Å². The lowest BCUT2D eigenvalue weighted by Crippen LogP contribution is -2.17. The number of anilines is 1. The van der Waals surface area contributed by atoms with Crippen LogP contribution in [0.4, 0.5) is 5.69 Å². The second kappa shape index (κ2) is 5.57. The average molecular weight is 254 g/mol. The lowest BCUT2D eigenvalue weighted by Gasteiger charge is -2.14. The molecule has 0 unspecified atom stereocenters. The van der Waals surface area contributed by atoms with E-state index in [1.807, 2.05) is 74.6 Å². The Balaban J connectivity index is 2.54. The fourth-order valence-electron chi connectivity index (χ4n) is 1.92. The van der Waals surface area contributed by atoms with Gasteiger partial charge in [0.25, 0.3) is 5.56 Å². The van der Waals surface area contributed by atoms with Crippen LogP contribution >= 0.6 is 0 Å². The molecule has 1 aromatic heterocycles. The number of hydrogen-bond donors (Lipinski definition) is 0. The van der Waals surface area contributed by atoms with E-state index in [-0.39, 0.29) is 5.56 Å². The SMILES string of the molecule is CC=Cc1ccc(=O)n(-c2cccc(N(C)C)c2)c1. The molecule has 1 heterocycles. The van der Waals surface area contributed by atoms with E-state index in [1.165, 1.54) is 0 Å². The lowest BCUT2D eigenvalue weighted by atomic mass is 10.2. The third-order valence-electron chi connectivity index (χ3n) is 2.92. The van der Waals surface area contributed by atoms with E-state index in [4.69, 9.17) is 0 Å². The van der Waals surface area contributed by atoms with Crippen LogP contribution in [0.1, 0.15) is 12.5 Å². The van der Waals surface area contributed by atoms with Gasteiger partial charge in [-0.2, -0.15) is 0 Å². The number of pyridine rings is 1. The molecule has 0 aliphatic rings. The molecule has 98 valence electrons. The summed E-state index contributed by atoms with van der Waals surface area (Å²) in [4.78, 5) is 14.0. The summed E-state index contributed by atoms with van der Waals surface area (Å²) in [7, 11) is 3.97. The number of allylic oxidation sites excluding steroid dienone is 1. The Morgan fingerprint density at radius 3 is 2.63 bits per heavy atom. The van der Waals surface area contributed by atoms with Crippen LogP contribution in [0.3, 0.4) is 0 Å². The fourth-order valence-corrected chi connectivity index (χ4v) is 1.92. The predicted octanol–water partition coefficient (Wildman–Crippen LogP) is 2.94. The Labute approximate surface area is 113 Å². The maximum atomic E-state index is 12.0. The van der Waals surface area contributed by atoms with Crippen LogP contribution in [0.5, 0.6) is 0 Å². The Hall–Kier alpha value is -2.29. The molecule has 0 aliphatic heterocycles. The Bertz CT molecular complexity index is 654. The Kier molecular flexibility index (Phi) is 3.85. The number of aromatic nitrogens is 1. The van der Waals surface area contributed by atoms with E-state index >= 15 is 0 Å². The third kappa shape index (κ3) is 2.94. The zero-order chi connectivity index (χ0) is 13.8. The van der Waals surface area contributed by atoms with Crippen LogP contribution < -0.4 is 10.5 Å². The molecule has 0 saturated carbocycles. The number of nitrogens with zero attached hydrogens (tertiary/aromatic N) is 2. The summed E-state index contributed by atoms with van der Waals surface area (Å²) in [5.41, 5.74) is 2.94. The quantitative estimate of drug-likeness (QED) is 0.841. The first-order valence-electron chi connectivity index (χ1n) is 6.25. The third-order valence-corrected chi connectivity index (χ3v) is 2.92. The van der Waals surface area contributed by atoms with E-state index in [2.05, 4.69) is 0 Å². The summed E-state index contributed by atoms with van der Waals surface area (Å²) in [6, 6.07) is 11.3. The summed E-state index contributed by atoms with van der Waals surface area (Å²) in [5.74, 6) is 0. The zero-order valence-corrected chi connectivity index (χ0v) is 11.5. The minimum Gasteiger partial charge on any atom is -0.378 e. The van der Waals surface area contributed by atoms with Gasteiger partial charge in [0.2, 0.25) is 0 Å². The minimum atomic E-state index is -0.0239. The van der Waals surface area contributed by atoms with Gasteiger partial charge in [-0.15, -0.1) is 0 Å². The molecule has 0 amide bonds. The van der Waals surface area contributed by atoms with Crippen molar-refractivity contribution in [3.05, 3.63) is 64.6 Å². The highest BCUT2D eigenvalue weighted by atomic mass is 16.1. The summed E-state index contributed by atoms with van der Waals surface area (Å²) in [6.45, 7) is 1.96. The molecule has 0 saturated heterocycles. The smallest absolute Gasteiger partial charge is 0.255 e. The molecule has 0 spiro atoms. The Morgan fingerprint density at radius 1 is 1.16 bits per heavy atom. The van der Waals surface area contributed by atoms with Crippen molar-refractivity contribution in [1.29, 1.82) is 0 Å². The van der Waals surface area contributed by atoms with Crippen molar-refractivity contribution in [2.24, 2.45) is 0 Å². The molecule has 0 aliphatic carbocycles. The van der Waals surface area contributed by atoms with Crippen molar-refractivity contribution < 1.29 is 0 Å². The Morgan fingerprint density at radius 2 is 1.95 bits per heavy atom. The number of hydrogen-bond acceptors (Lipinski definition) is 2. The van der Waals surface area contributed by atoms with Crippen molar-refractivity contribution in [1.82, 2.24) is 4.57 Å². The van der Waals surface area contributed by atoms with Crippen molar-refractivity contribution in [2.75, 3.05) is 19.0 Å². The van der Waals surface area contributed by atoms with Gasteiger partial charge >= 0.3 is 0 Å². The van der Waals surface area contributed by atoms with Gasteiger partial charge in [-0.25, -0.2) is 0 Å². The molecule has 1 aromatic carbocycles. The summed E-state index contributed by atoms with van der Waals surface area (Å²) in [5, 5.41) is 0. The van der Waals surface area contributed by atoms with Crippen LogP contribution in [0.25, 0.3) is 11.8 Å². The van der Waals surface area contributed by atoms with Gasteiger partial charge in [0, 0.05) is 32.0 Å². The predicted molar refractivity (Wildman–Crippen MR) is 81.1 cm³/mol. The zero-order valence-electron chi connectivity index (χ0n) is 11.5. The molecule has 0 atom stereocenters. The van der Waals surface area contributed by atoms with E-state index in [0.29, 0.717) is 0 Å². The monoisotopic (exact) mass is 254 g/mol. The lowest BCUT2D eigenvalue weighted by molar-refractivity contribution is 0.983. The molecule has 2 rings (SSSR count). The molecule has 0 N–H and O–H groups in total. The van der Waals surface area contributed by atoms with Crippen molar-refractivity contribution >= 4 is 11.8 Å². The van der Waals surface area contributed by atoms with Crippen LogP contribution in [0, 0.1) is 0 Å².